The van der Waals surface area contributed by atoms with Crippen LogP contribution in [0.15, 0.2) is 78.5 Å². The molecule has 0 aliphatic heterocycles. The van der Waals surface area contributed by atoms with Crippen LogP contribution in [0.2, 0.25) is 0 Å². The predicted octanol–water partition coefficient (Wildman–Crippen LogP) is 5.62. The number of carbonyl (C=O) groups is 2. The summed E-state index contributed by atoms with van der Waals surface area (Å²) in [7, 11) is 3.19. The predicted molar refractivity (Wildman–Crippen MR) is 140 cm³/mol. The largest absolute Gasteiger partial charge is 0.497 e. The second-order valence-electron chi connectivity index (χ2n) is 8.44. The number of anilines is 1. The smallest absolute Gasteiger partial charge is 0.249 e. The summed E-state index contributed by atoms with van der Waals surface area (Å²) < 4.78 is 11.0. The van der Waals surface area contributed by atoms with E-state index >= 15 is 0 Å². The Hall–Kier alpha value is -4.91. The van der Waals surface area contributed by atoms with Crippen molar-refractivity contribution in [3.8, 4) is 22.8 Å². The molecule has 0 amide bonds. The van der Waals surface area contributed by atoms with Gasteiger partial charge in [0.25, 0.3) is 0 Å². The van der Waals surface area contributed by atoms with Crippen LogP contribution in [-0.4, -0.2) is 35.8 Å². The highest BCUT2D eigenvalue weighted by Crippen LogP contribution is 2.39. The van der Waals surface area contributed by atoms with Gasteiger partial charge in [0.15, 0.2) is 0 Å². The number of methoxy groups -OCH3 is 2. The minimum Gasteiger partial charge on any atom is -0.497 e. The van der Waals surface area contributed by atoms with Gasteiger partial charge in [0.2, 0.25) is 11.6 Å². The first-order valence-corrected chi connectivity index (χ1v) is 11.4. The van der Waals surface area contributed by atoms with Crippen LogP contribution >= 0.6 is 0 Å². The number of H-pyrrole nitrogens is 1. The fourth-order valence-electron chi connectivity index (χ4n) is 4.62. The van der Waals surface area contributed by atoms with Crippen LogP contribution in [0, 0.1) is 0 Å². The Balaban J connectivity index is 1.56. The molecule has 0 spiro atoms. The SMILES string of the molecule is COc1ccc(-c2nc(NC3=Cc4ccccc4C(=O)C3=O)cc3c2[nH]c2ccccc23)c(OC)c1. The molecule has 0 unspecified atom stereocenters. The van der Waals surface area contributed by atoms with Gasteiger partial charge < -0.3 is 19.8 Å². The summed E-state index contributed by atoms with van der Waals surface area (Å²) in [5, 5.41) is 5.05. The van der Waals surface area contributed by atoms with Gasteiger partial charge in [-0.2, -0.15) is 0 Å². The number of nitrogens with zero attached hydrogens (tertiary/aromatic N) is 1. The van der Waals surface area contributed by atoms with Gasteiger partial charge in [-0.15, -0.1) is 0 Å². The van der Waals surface area contributed by atoms with E-state index in [-0.39, 0.29) is 5.70 Å². The number of fused-ring (bicyclic) bond motifs is 4. The Morgan fingerprint density at radius 2 is 1.61 bits per heavy atom. The third-order valence-corrected chi connectivity index (χ3v) is 6.38. The summed E-state index contributed by atoms with van der Waals surface area (Å²) in [6.07, 6.45) is 1.69. The van der Waals surface area contributed by atoms with E-state index in [1.165, 1.54) is 0 Å². The lowest BCUT2D eigenvalue weighted by molar-refractivity contribution is -0.111. The molecule has 176 valence electrons. The molecule has 5 aromatic rings. The number of aromatic amines is 1. The van der Waals surface area contributed by atoms with E-state index in [0.717, 1.165) is 27.4 Å². The summed E-state index contributed by atoms with van der Waals surface area (Å²) >= 11 is 0. The summed E-state index contributed by atoms with van der Waals surface area (Å²) in [5.74, 6) is 0.551. The minimum absolute atomic E-state index is 0.179. The number of ether oxygens (including phenoxy) is 2. The standard InChI is InChI=1S/C29H21N3O4/c1-35-17-11-12-20(24(14-17)36-2)26-27-21(19-9-5-6-10-22(19)31-27)15-25(32-26)30-23-13-16-7-3-4-8-18(16)28(33)29(23)34/h3-15,31H,1-2H3,(H,30,32). The zero-order valence-electron chi connectivity index (χ0n) is 19.6. The van der Waals surface area contributed by atoms with E-state index in [0.29, 0.717) is 34.1 Å². The van der Waals surface area contributed by atoms with Crippen LogP contribution in [-0.2, 0) is 4.79 Å². The molecule has 0 atom stereocenters. The maximum atomic E-state index is 12.9. The summed E-state index contributed by atoms with van der Waals surface area (Å²) in [4.78, 5) is 34.0. The van der Waals surface area contributed by atoms with Crippen molar-refractivity contribution in [1.82, 2.24) is 9.97 Å². The molecule has 7 heteroatoms. The maximum absolute atomic E-state index is 12.9. The summed E-state index contributed by atoms with van der Waals surface area (Å²) in [5.41, 5.74) is 4.45. The molecular formula is C29H21N3O4. The molecular weight excluding hydrogens is 454 g/mol. The molecule has 2 heterocycles. The first-order chi connectivity index (χ1) is 17.6. The number of benzene rings is 3. The lowest BCUT2D eigenvalue weighted by Gasteiger charge is -2.17. The molecule has 0 saturated heterocycles. The number of hydrogen-bond acceptors (Lipinski definition) is 6. The third-order valence-electron chi connectivity index (χ3n) is 6.38. The van der Waals surface area contributed by atoms with Crippen LogP contribution in [0.5, 0.6) is 11.5 Å². The minimum atomic E-state index is -0.599. The monoisotopic (exact) mass is 475 g/mol. The number of Topliss-reactive ketones (excluding diaryl/α,β-unsaturated/α-hetero) is 2. The van der Waals surface area contributed by atoms with Crippen LogP contribution in [0.1, 0.15) is 15.9 Å². The molecule has 6 rings (SSSR count). The molecule has 0 fully saturated rings. The highest BCUT2D eigenvalue weighted by Gasteiger charge is 2.28. The quantitative estimate of drug-likeness (QED) is 0.321. The van der Waals surface area contributed by atoms with Crippen LogP contribution in [0.3, 0.4) is 0 Å². The molecule has 0 radical (unpaired) electrons. The van der Waals surface area contributed by atoms with Gasteiger partial charge >= 0.3 is 0 Å². The Morgan fingerprint density at radius 1 is 0.806 bits per heavy atom. The van der Waals surface area contributed by atoms with E-state index in [1.54, 1.807) is 38.5 Å². The Labute approximate surface area is 206 Å². The molecule has 3 aromatic carbocycles. The average Bonchev–Trinajstić information content (AvgIpc) is 3.29. The highest BCUT2D eigenvalue weighted by molar-refractivity contribution is 6.52. The normalized spacial score (nSPS) is 13.0. The van der Waals surface area contributed by atoms with Crippen molar-refractivity contribution in [2.75, 3.05) is 19.5 Å². The lowest BCUT2D eigenvalue weighted by atomic mass is 9.93. The van der Waals surface area contributed by atoms with E-state index in [4.69, 9.17) is 14.5 Å². The molecule has 2 N–H and O–H groups in total. The van der Waals surface area contributed by atoms with Crippen molar-refractivity contribution in [2.24, 2.45) is 0 Å². The lowest BCUT2D eigenvalue weighted by Crippen LogP contribution is -2.25. The Morgan fingerprint density at radius 3 is 2.44 bits per heavy atom. The number of para-hydroxylation sites is 1. The fraction of sp³-hybridized carbons (Fsp3) is 0.0690. The zero-order chi connectivity index (χ0) is 24.8. The fourth-order valence-corrected chi connectivity index (χ4v) is 4.62. The molecule has 7 nitrogen and oxygen atoms in total. The topological polar surface area (TPSA) is 93.3 Å². The number of ketones is 2. The molecule has 0 bridgehead atoms. The van der Waals surface area contributed by atoms with Gasteiger partial charge in [-0.3, -0.25) is 9.59 Å². The van der Waals surface area contributed by atoms with E-state index in [1.807, 2.05) is 54.6 Å². The number of aromatic nitrogens is 2. The molecule has 1 aliphatic rings. The van der Waals surface area contributed by atoms with Gasteiger partial charge in [-0.1, -0.05) is 42.5 Å². The number of nitrogens with one attached hydrogen (secondary N) is 2. The third kappa shape index (κ3) is 3.41. The zero-order valence-corrected chi connectivity index (χ0v) is 19.6. The molecule has 0 saturated carbocycles. The molecule has 2 aromatic heterocycles. The van der Waals surface area contributed by atoms with E-state index < -0.39 is 11.6 Å². The van der Waals surface area contributed by atoms with Gasteiger partial charge in [-0.05, 0) is 35.9 Å². The number of hydrogen-bond donors (Lipinski definition) is 2. The van der Waals surface area contributed by atoms with Crippen molar-refractivity contribution in [3.05, 3.63) is 89.6 Å². The maximum Gasteiger partial charge on any atom is 0.249 e. The van der Waals surface area contributed by atoms with Crippen LogP contribution in [0.4, 0.5) is 5.82 Å². The number of rotatable bonds is 5. The first-order valence-electron chi connectivity index (χ1n) is 11.4. The second kappa shape index (κ2) is 8.39. The highest BCUT2D eigenvalue weighted by atomic mass is 16.5. The van der Waals surface area contributed by atoms with Gasteiger partial charge in [0.05, 0.1) is 25.4 Å². The number of allylic oxidation sites excluding steroid dienone is 1. The molecule has 1 aliphatic carbocycles. The van der Waals surface area contributed by atoms with Crippen LogP contribution in [0.25, 0.3) is 39.1 Å². The van der Waals surface area contributed by atoms with Crippen molar-refractivity contribution in [3.63, 3.8) is 0 Å². The number of pyridine rings is 1. The Kier molecular flexibility index (Phi) is 5.04. The Bertz CT molecular complexity index is 1730. The summed E-state index contributed by atoms with van der Waals surface area (Å²) in [6.45, 7) is 0. The van der Waals surface area contributed by atoms with Crippen molar-refractivity contribution in [1.29, 1.82) is 0 Å². The van der Waals surface area contributed by atoms with E-state index in [9.17, 15) is 9.59 Å². The van der Waals surface area contributed by atoms with E-state index in [2.05, 4.69) is 10.3 Å². The molecule has 36 heavy (non-hydrogen) atoms. The second-order valence-corrected chi connectivity index (χ2v) is 8.44. The van der Waals surface area contributed by atoms with Crippen molar-refractivity contribution < 1.29 is 19.1 Å². The van der Waals surface area contributed by atoms with Gasteiger partial charge in [-0.25, -0.2) is 4.98 Å². The number of carbonyl (C=O) groups excluding carboxylic acids is 2. The van der Waals surface area contributed by atoms with Gasteiger partial charge in [0.1, 0.15) is 23.0 Å². The van der Waals surface area contributed by atoms with Crippen molar-refractivity contribution >= 4 is 45.3 Å². The summed E-state index contributed by atoms with van der Waals surface area (Å²) in [6, 6.07) is 22.4. The average molecular weight is 476 g/mol. The first kappa shape index (κ1) is 21.6. The van der Waals surface area contributed by atoms with Crippen molar-refractivity contribution in [2.45, 2.75) is 0 Å². The van der Waals surface area contributed by atoms with Gasteiger partial charge in [0, 0.05) is 33.5 Å². The van der Waals surface area contributed by atoms with Crippen LogP contribution < -0.4 is 14.8 Å².